The van der Waals surface area contributed by atoms with Gasteiger partial charge in [0.2, 0.25) is 0 Å². The summed E-state index contributed by atoms with van der Waals surface area (Å²) < 4.78 is 0. The molecule has 2 rings (SSSR count). The van der Waals surface area contributed by atoms with E-state index in [-0.39, 0.29) is 0 Å². The standard InChI is InChI=1S/C15H16ClNO2/c1-2-9-17(13-6-7-13)14-10-12(16)5-3-11(14)4-8-15(18)19/h2-5,8,10,13H,1,6-7,9H2,(H,18,19)/b8-4+. The van der Waals surface area contributed by atoms with Crippen molar-refractivity contribution in [3.63, 3.8) is 0 Å². The Labute approximate surface area is 117 Å². The van der Waals surface area contributed by atoms with E-state index in [4.69, 9.17) is 16.7 Å². The van der Waals surface area contributed by atoms with Crippen LogP contribution in [0, 0.1) is 0 Å². The van der Waals surface area contributed by atoms with E-state index < -0.39 is 5.97 Å². The van der Waals surface area contributed by atoms with E-state index in [2.05, 4.69) is 11.5 Å². The zero-order chi connectivity index (χ0) is 13.8. The average Bonchev–Trinajstić information content (AvgIpc) is 3.18. The molecule has 1 saturated carbocycles. The molecule has 1 fully saturated rings. The van der Waals surface area contributed by atoms with Crippen molar-refractivity contribution in [3.05, 3.63) is 47.5 Å². The molecule has 0 aromatic heterocycles. The Morgan fingerprint density at radius 3 is 2.84 bits per heavy atom. The van der Waals surface area contributed by atoms with E-state index in [1.54, 1.807) is 12.1 Å². The number of carboxylic acids is 1. The fraction of sp³-hybridized carbons (Fsp3) is 0.267. The van der Waals surface area contributed by atoms with Crippen LogP contribution in [0.1, 0.15) is 18.4 Å². The number of nitrogens with zero attached hydrogens (tertiary/aromatic N) is 1. The Kier molecular flexibility index (Phi) is 4.27. The highest BCUT2D eigenvalue weighted by Crippen LogP contribution is 2.35. The van der Waals surface area contributed by atoms with E-state index in [0.717, 1.165) is 36.7 Å². The Morgan fingerprint density at radius 2 is 2.26 bits per heavy atom. The number of hydrogen-bond donors (Lipinski definition) is 1. The lowest BCUT2D eigenvalue weighted by Gasteiger charge is -2.25. The van der Waals surface area contributed by atoms with Crippen LogP contribution in [0.3, 0.4) is 0 Å². The minimum atomic E-state index is -0.956. The number of hydrogen-bond acceptors (Lipinski definition) is 2. The molecule has 0 unspecified atom stereocenters. The summed E-state index contributed by atoms with van der Waals surface area (Å²) >= 11 is 6.06. The topological polar surface area (TPSA) is 40.5 Å². The average molecular weight is 278 g/mol. The number of carboxylic acid groups (broad SMARTS) is 1. The minimum Gasteiger partial charge on any atom is -0.478 e. The molecule has 1 aromatic rings. The van der Waals surface area contributed by atoms with E-state index in [0.29, 0.717) is 11.1 Å². The zero-order valence-electron chi connectivity index (χ0n) is 10.6. The molecule has 0 atom stereocenters. The number of benzene rings is 1. The van der Waals surface area contributed by atoms with E-state index in [1.807, 2.05) is 18.2 Å². The molecule has 0 saturated heterocycles. The van der Waals surface area contributed by atoms with Gasteiger partial charge in [-0.25, -0.2) is 4.79 Å². The maximum Gasteiger partial charge on any atom is 0.328 e. The zero-order valence-corrected chi connectivity index (χ0v) is 11.3. The Bertz CT molecular complexity index is 521. The second-order valence-electron chi connectivity index (χ2n) is 4.55. The molecule has 0 heterocycles. The summed E-state index contributed by atoms with van der Waals surface area (Å²) in [6.07, 6.45) is 6.91. The fourth-order valence-corrected chi connectivity index (χ4v) is 2.20. The Morgan fingerprint density at radius 1 is 1.53 bits per heavy atom. The van der Waals surface area contributed by atoms with Crippen LogP contribution in [0.5, 0.6) is 0 Å². The number of aliphatic carboxylic acids is 1. The van der Waals surface area contributed by atoms with Gasteiger partial charge < -0.3 is 10.0 Å². The molecule has 0 spiro atoms. The van der Waals surface area contributed by atoms with Gasteiger partial charge in [-0.1, -0.05) is 23.7 Å². The van der Waals surface area contributed by atoms with Gasteiger partial charge in [-0.15, -0.1) is 6.58 Å². The molecule has 3 nitrogen and oxygen atoms in total. The highest BCUT2D eigenvalue weighted by molar-refractivity contribution is 6.31. The summed E-state index contributed by atoms with van der Waals surface area (Å²) in [5.74, 6) is -0.956. The van der Waals surface area contributed by atoms with Gasteiger partial charge in [-0.3, -0.25) is 0 Å². The molecular formula is C15H16ClNO2. The van der Waals surface area contributed by atoms with E-state index in [1.165, 1.54) is 0 Å². The fourth-order valence-electron chi connectivity index (χ4n) is 2.04. The van der Waals surface area contributed by atoms with Crippen LogP contribution >= 0.6 is 11.6 Å². The third-order valence-corrected chi connectivity index (χ3v) is 3.26. The van der Waals surface area contributed by atoms with Crippen molar-refractivity contribution in [1.29, 1.82) is 0 Å². The number of carbonyl (C=O) groups is 1. The molecule has 1 aliphatic carbocycles. The smallest absolute Gasteiger partial charge is 0.328 e. The van der Waals surface area contributed by atoms with Gasteiger partial charge in [0, 0.05) is 29.4 Å². The molecular weight excluding hydrogens is 262 g/mol. The van der Waals surface area contributed by atoms with Crippen molar-refractivity contribution in [2.75, 3.05) is 11.4 Å². The van der Waals surface area contributed by atoms with Crippen LogP contribution in [0.15, 0.2) is 36.9 Å². The first-order valence-electron chi connectivity index (χ1n) is 6.20. The summed E-state index contributed by atoms with van der Waals surface area (Å²) in [6, 6.07) is 6.00. The molecule has 0 amide bonds. The molecule has 0 radical (unpaired) electrons. The minimum absolute atomic E-state index is 0.508. The van der Waals surface area contributed by atoms with Crippen molar-refractivity contribution in [2.24, 2.45) is 0 Å². The molecule has 1 aromatic carbocycles. The summed E-state index contributed by atoms with van der Waals surface area (Å²) in [6.45, 7) is 4.51. The first-order chi connectivity index (χ1) is 9.11. The van der Waals surface area contributed by atoms with Crippen molar-refractivity contribution >= 4 is 29.3 Å². The molecule has 100 valence electrons. The highest BCUT2D eigenvalue weighted by atomic mass is 35.5. The predicted molar refractivity (Wildman–Crippen MR) is 78.7 cm³/mol. The summed E-state index contributed by atoms with van der Waals surface area (Å²) in [5.41, 5.74) is 1.83. The Hall–Kier alpha value is -1.74. The Balaban J connectivity index is 2.37. The molecule has 0 aliphatic heterocycles. The third-order valence-electron chi connectivity index (χ3n) is 3.02. The summed E-state index contributed by atoms with van der Waals surface area (Å²) in [5, 5.41) is 9.39. The van der Waals surface area contributed by atoms with Gasteiger partial charge in [-0.2, -0.15) is 0 Å². The van der Waals surface area contributed by atoms with Gasteiger partial charge in [0.1, 0.15) is 0 Å². The lowest BCUT2D eigenvalue weighted by Crippen LogP contribution is -2.26. The first kappa shape index (κ1) is 13.7. The number of rotatable bonds is 6. The monoisotopic (exact) mass is 277 g/mol. The molecule has 0 bridgehead atoms. The predicted octanol–water partition coefficient (Wildman–Crippen LogP) is 3.59. The van der Waals surface area contributed by atoms with Crippen LogP contribution < -0.4 is 4.90 Å². The van der Waals surface area contributed by atoms with Crippen LogP contribution in [-0.2, 0) is 4.79 Å². The maximum absolute atomic E-state index is 10.7. The van der Waals surface area contributed by atoms with Crippen molar-refractivity contribution < 1.29 is 9.90 Å². The van der Waals surface area contributed by atoms with Gasteiger partial charge in [0.15, 0.2) is 0 Å². The molecule has 1 N–H and O–H groups in total. The lowest BCUT2D eigenvalue weighted by atomic mass is 10.1. The van der Waals surface area contributed by atoms with Crippen LogP contribution in [0.4, 0.5) is 5.69 Å². The largest absolute Gasteiger partial charge is 0.478 e. The van der Waals surface area contributed by atoms with Gasteiger partial charge in [-0.05, 0) is 36.6 Å². The quantitative estimate of drug-likeness (QED) is 0.638. The summed E-state index contributed by atoms with van der Waals surface area (Å²) in [4.78, 5) is 12.9. The van der Waals surface area contributed by atoms with Crippen LogP contribution in [0.2, 0.25) is 5.02 Å². The number of anilines is 1. The van der Waals surface area contributed by atoms with Crippen molar-refractivity contribution in [2.45, 2.75) is 18.9 Å². The molecule has 4 heteroatoms. The second kappa shape index (κ2) is 5.93. The summed E-state index contributed by atoms with van der Waals surface area (Å²) in [7, 11) is 0. The molecule has 19 heavy (non-hydrogen) atoms. The van der Waals surface area contributed by atoms with Crippen LogP contribution in [-0.4, -0.2) is 23.7 Å². The van der Waals surface area contributed by atoms with E-state index >= 15 is 0 Å². The van der Waals surface area contributed by atoms with Crippen LogP contribution in [0.25, 0.3) is 6.08 Å². The van der Waals surface area contributed by atoms with Gasteiger partial charge >= 0.3 is 5.97 Å². The first-order valence-corrected chi connectivity index (χ1v) is 6.57. The van der Waals surface area contributed by atoms with E-state index in [9.17, 15) is 4.79 Å². The number of halogens is 1. The third kappa shape index (κ3) is 3.61. The van der Waals surface area contributed by atoms with Gasteiger partial charge in [0.05, 0.1) is 0 Å². The normalized spacial score (nSPS) is 14.6. The lowest BCUT2D eigenvalue weighted by molar-refractivity contribution is -0.131. The second-order valence-corrected chi connectivity index (χ2v) is 4.98. The molecule has 1 aliphatic rings. The highest BCUT2D eigenvalue weighted by Gasteiger charge is 2.29. The maximum atomic E-state index is 10.7. The van der Waals surface area contributed by atoms with Crippen molar-refractivity contribution in [1.82, 2.24) is 0 Å². The van der Waals surface area contributed by atoms with Gasteiger partial charge in [0.25, 0.3) is 0 Å². The SMILES string of the molecule is C=CCN(c1cc(Cl)ccc1/C=C/C(=O)O)C1CC1. The van der Waals surface area contributed by atoms with Crippen molar-refractivity contribution in [3.8, 4) is 0 Å².